The number of hydrogen-bond donors (Lipinski definition) is 2. The standard InChI is InChI=1S/C21H30O5/c1-19-8-6-13(22)10-12(19)4-5-14-15-7-9-21(26-3,18(24)25)20(15,2)11-16(23)17(14)19/h10,14-17,23H,4-9,11H2,1-3H3,(H,24,25)/t14-,15-,16-,17+,19-,20-,21-/m0/s1. The number of ketones is 1. The Bertz CT molecular complexity index is 684. The van der Waals surface area contributed by atoms with Crippen molar-refractivity contribution in [2.45, 2.75) is 70.5 Å². The number of aliphatic carboxylic acids is 1. The number of carbonyl (C=O) groups excluding carboxylic acids is 1. The minimum Gasteiger partial charge on any atom is -0.479 e. The molecule has 7 atom stereocenters. The fourth-order valence-electron chi connectivity index (χ4n) is 7.45. The lowest BCUT2D eigenvalue weighted by Gasteiger charge is -2.60. The highest BCUT2D eigenvalue weighted by molar-refractivity contribution is 5.91. The van der Waals surface area contributed by atoms with Gasteiger partial charge in [-0.15, -0.1) is 0 Å². The highest BCUT2D eigenvalue weighted by Crippen LogP contribution is 2.68. The molecule has 4 aliphatic rings. The second kappa shape index (κ2) is 5.65. The number of fused-ring (bicyclic) bond motifs is 5. The monoisotopic (exact) mass is 362 g/mol. The predicted octanol–water partition coefficient (Wildman–Crippen LogP) is 2.96. The first-order valence-electron chi connectivity index (χ1n) is 9.90. The van der Waals surface area contributed by atoms with Gasteiger partial charge in [-0.05, 0) is 67.8 Å². The number of carboxylic acid groups (broad SMARTS) is 1. The predicted molar refractivity (Wildman–Crippen MR) is 95.5 cm³/mol. The summed E-state index contributed by atoms with van der Waals surface area (Å²) in [6, 6.07) is 0. The van der Waals surface area contributed by atoms with Crippen molar-refractivity contribution in [1.82, 2.24) is 0 Å². The Balaban J connectivity index is 1.76. The average molecular weight is 362 g/mol. The lowest BCUT2D eigenvalue weighted by atomic mass is 9.45. The molecule has 0 saturated heterocycles. The third kappa shape index (κ3) is 2.04. The Morgan fingerprint density at radius 1 is 1.23 bits per heavy atom. The SMILES string of the molecule is CO[C@]1(C(=O)O)CC[C@H]2[C@@H]3CCC4=CC(=O)CC[C@]4(C)[C@H]3[C@@H](O)C[C@@]21C. The van der Waals surface area contributed by atoms with E-state index in [0.29, 0.717) is 19.3 Å². The Morgan fingerprint density at radius 3 is 2.62 bits per heavy atom. The van der Waals surface area contributed by atoms with Crippen molar-refractivity contribution in [1.29, 1.82) is 0 Å². The molecular formula is C21H30O5. The number of allylic oxidation sites excluding steroid dienone is 1. The Kier molecular flexibility index (Phi) is 3.95. The number of carbonyl (C=O) groups is 2. The van der Waals surface area contributed by atoms with Crippen molar-refractivity contribution in [3.63, 3.8) is 0 Å². The van der Waals surface area contributed by atoms with Crippen LogP contribution in [0.25, 0.3) is 0 Å². The first-order chi connectivity index (χ1) is 12.2. The van der Waals surface area contributed by atoms with E-state index in [-0.39, 0.29) is 29.0 Å². The van der Waals surface area contributed by atoms with E-state index in [1.807, 2.05) is 13.0 Å². The third-order valence-corrected chi connectivity index (χ3v) is 8.71. The molecule has 0 bridgehead atoms. The minimum absolute atomic E-state index is 0.107. The van der Waals surface area contributed by atoms with Gasteiger partial charge in [-0.25, -0.2) is 4.79 Å². The van der Waals surface area contributed by atoms with Crippen LogP contribution in [0, 0.1) is 28.6 Å². The number of hydrogen-bond acceptors (Lipinski definition) is 4. The summed E-state index contributed by atoms with van der Waals surface area (Å²) in [5, 5.41) is 21.2. The summed E-state index contributed by atoms with van der Waals surface area (Å²) < 4.78 is 5.64. The molecule has 0 radical (unpaired) electrons. The Hall–Kier alpha value is -1.20. The molecule has 4 aliphatic carbocycles. The van der Waals surface area contributed by atoms with E-state index in [1.165, 1.54) is 12.7 Å². The van der Waals surface area contributed by atoms with Crippen LogP contribution in [0.2, 0.25) is 0 Å². The normalized spacial score (nSPS) is 50.5. The van der Waals surface area contributed by atoms with Gasteiger partial charge in [0.15, 0.2) is 11.4 Å². The number of methoxy groups -OCH3 is 1. The van der Waals surface area contributed by atoms with Crippen molar-refractivity contribution < 1.29 is 24.5 Å². The number of aliphatic hydroxyl groups is 1. The summed E-state index contributed by atoms with van der Waals surface area (Å²) in [5.41, 5.74) is -0.703. The average Bonchev–Trinajstić information content (AvgIpc) is 2.88. The first kappa shape index (κ1) is 18.2. The Labute approximate surface area is 154 Å². The fraction of sp³-hybridized carbons (Fsp3) is 0.810. The number of ether oxygens (including phenoxy) is 1. The molecule has 144 valence electrons. The van der Waals surface area contributed by atoms with Crippen LogP contribution in [0.4, 0.5) is 0 Å². The van der Waals surface area contributed by atoms with Crippen LogP contribution in [-0.4, -0.2) is 40.8 Å². The maximum absolute atomic E-state index is 12.2. The molecule has 3 saturated carbocycles. The molecule has 5 heteroatoms. The molecule has 26 heavy (non-hydrogen) atoms. The number of rotatable bonds is 2. The van der Waals surface area contributed by atoms with E-state index in [0.717, 1.165) is 25.7 Å². The van der Waals surface area contributed by atoms with Crippen molar-refractivity contribution in [3.05, 3.63) is 11.6 Å². The molecule has 3 fully saturated rings. The van der Waals surface area contributed by atoms with Gasteiger partial charge in [0, 0.05) is 18.9 Å². The number of aliphatic hydroxyl groups excluding tert-OH is 1. The third-order valence-electron chi connectivity index (χ3n) is 8.71. The largest absolute Gasteiger partial charge is 0.479 e. The molecule has 0 aromatic rings. The number of carboxylic acids is 1. The van der Waals surface area contributed by atoms with Gasteiger partial charge in [-0.3, -0.25) is 4.79 Å². The van der Waals surface area contributed by atoms with Crippen LogP contribution < -0.4 is 0 Å². The van der Waals surface area contributed by atoms with Crippen LogP contribution in [0.15, 0.2) is 11.6 Å². The van der Waals surface area contributed by atoms with Gasteiger partial charge in [-0.1, -0.05) is 19.4 Å². The van der Waals surface area contributed by atoms with Crippen LogP contribution in [0.5, 0.6) is 0 Å². The molecule has 0 heterocycles. The molecular weight excluding hydrogens is 332 g/mol. The van der Waals surface area contributed by atoms with E-state index < -0.39 is 23.1 Å². The van der Waals surface area contributed by atoms with E-state index in [9.17, 15) is 19.8 Å². The molecule has 2 N–H and O–H groups in total. The zero-order valence-electron chi connectivity index (χ0n) is 16.0. The van der Waals surface area contributed by atoms with Crippen LogP contribution in [0.3, 0.4) is 0 Å². The molecule has 0 aromatic carbocycles. The molecule has 0 amide bonds. The van der Waals surface area contributed by atoms with Crippen molar-refractivity contribution in [2.24, 2.45) is 28.6 Å². The zero-order chi connectivity index (χ0) is 18.9. The summed E-state index contributed by atoms with van der Waals surface area (Å²) in [6.07, 6.45) is 6.22. The van der Waals surface area contributed by atoms with Gasteiger partial charge in [0.1, 0.15) is 0 Å². The maximum atomic E-state index is 12.2. The minimum atomic E-state index is -1.21. The summed E-state index contributed by atoms with van der Waals surface area (Å²) in [6.45, 7) is 4.23. The molecule has 0 unspecified atom stereocenters. The fourth-order valence-corrected chi connectivity index (χ4v) is 7.45. The van der Waals surface area contributed by atoms with Crippen molar-refractivity contribution in [2.75, 3.05) is 7.11 Å². The summed E-state index contributed by atoms with van der Waals surface area (Å²) in [7, 11) is 1.50. The lowest BCUT2D eigenvalue weighted by molar-refractivity contribution is -0.201. The summed E-state index contributed by atoms with van der Waals surface area (Å²) >= 11 is 0. The first-order valence-corrected chi connectivity index (χ1v) is 9.90. The summed E-state index contributed by atoms with van der Waals surface area (Å²) in [4.78, 5) is 24.1. The van der Waals surface area contributed by atoms with E-state index in [1.54, 1.807) is 0 Å². The van der Waals surface area contributed by atoms with Gasteiger partial charge >= 0.3 is 5.97 Å². The van der Waals surface area contributed by atoms with Crippen LogP contribution in [-0.2, 0) is 14.3 Å². The lowest BCUT2D eigenvalue weighted by Crippen LogP contribution is -2.62. The van der Waals surface area contributed by atoms with Crippen LogP contribution in [0.1, 0.15) is 58.8 Å². The van der Waals surface area contributed by atoms with Crippen LogP contribution >= 0.6 is 0 Å². The Morgan fingerprint density at radius 2 is 1.96 bits per heavy atom. The van der Waals surface area contributed by atoms with E-state index in [4.69, 9.17) is 4.74 Å². The van der Waals surface area contributed by atoms with Gasteiger partial charge in [0.2, 0.25) is 0 Å². The van der Waals surface area contributed by atoms with Gasteiger partial charge < -0.3 is 14.9 Å². The van der Waals surface area contributed by atoms with Crippen molar-refractivity contribution >= 4 is 11.8 Å². The van der Waals surface area contributed by atoms with Gasteiger partial charge in [0.25, 0.3) is 0 Å². The maximum Gasteiger partial charge on any atom is 0.336 e. The quantitative estimate of drug-likeness (QED) is 0.789. The highest BCUT2D eigenvalue weighted by Gasteiger charge is 2.69. The zero-order valence-corrected chi connectivity index (χ0v) is 16.0. The van der Waals surface area contributed by atoms with Gasteiger partial charge in [0.05, 0.1) is 6.10 Å². The molecule has 4 rings (SSSR count). The second-order valence-corrected chi connectivity index (χ2v) is 9.45. The molecule has 0 aromatic heterocycles. The molecule has 0 spiro atoms. The van der Waals surface area contributed by atoms with E-state index in [2.05, 4.69) is 6.92 Å². The summed E-state index contributed by atoms with van der Waals surface area (Å²) in [5.74, 6) is -0.0636. The second-order valence-electron chi connectivity index (χ2n) is 9.45. The molecule has 5 nitrogen and oxygen atoms in total. The molecule has 0 aliphatic heterocycles. The topological polar surface area (TPSA) is 83.8 Å². The highest BCUT2D eigenvalue weighted by atomic mass is 16.5. The smallest absolute Gasteiger partial charge is 0.336 e. The van der Waals surface area contributed by atoms with E-state index >= 15 is 0 Å². The van der Waals surface area contributed by atoms with Crippen molar-refractivity contribution in [3.8, 4) is 0 Å². The van der Waals surface area contributed by atoms with Gasteiger partial charge in [-0.2, -0.15) is 0 Å².